The molecule has 0 radical (unpaired) electrons. The minimum atomic E-state index is -3.41. The third-order valence-corrected chi connectivity index (χ3v) is 5.90. The smallest absolute Gasteiger partial charge is 0.316 e. The van der Waals surface area contributed by atoms with Crippen LogP contribution in [0.4, 0.5) is 0 Å². The Morgan fingerprint density at radius 3 is 2.46 bits per heavy atom. The first-order valence-corrected chi connectivity index (χ1v) is 9.65. The van der Waals surface area contributed by atoms with Gasteiger partial charge >= 0.3 is 6.01 Å². The van der Waals surface area contributed by atoms with Gasteiger partial charge in [0, 0.05) is 11.6 Å². The first kappa shape index (κ1) is 17.4. The highest BCUT2D eigenvalue weighted by Gasteiger charge is 2.33. The predicted molar refractivity (Wildman–Crippen MR) is 91.7 cm³/mol. The molecular formula is C15H15Cl2N3O3S. The van der Waals surface area contributed by atoms with Crippen LogP contribution >= 0.6 is 23.2 Å². The van der Waals surface area contributed by atoms with Gasteiger partial charge in [-0.05, 0) is 24.1 Å². The second-order valence-corrected chi connectivity index (χ2v) is 8.29. The normalized spacial score (nSPS) is 18.7. The number of hydrogen-bond donors (Lipinski definition) is 0. The zero-order valence-corrected chi connectivity index (χ0v) is 14.9. The summed E-state index contributed by atoms with van der Waals surface area (Å²) in [5.41, 5.74) is 0.699. The van der Waals surface area contributed by atoms with Gasteiger partial charge in [0.25, 0.3) is 0 Å². The Balaban J connectivity index is 1.61. The maximum Gasteiger partial charge on any atom is 0.316 e. The third-order valence-electron chi connectivity index (χ3n) is 3.63. The van der Waals surface area contributed by atoms with E-state index in [1.54, 1.807) is 24.3 Å². The van der Waals surface area contributed by atoms with E-state index in [1.165, 1.54) is 16.7 Å². The van der Waals surface area contributed by atoms with Crippen LogP contribution in [0.1, 0.15) is 12.0 Å². The van der Waals surface area contributed by atoms with Crippen LogP contribution in [0.3, 0.4) is 0 Å². The van der Waals surface area contributed by atoms with Crippen LogP contribution in [0.2, 0.25) is 10.0 Å². The number of hydrogen-bond acceptors (Lipinski definition) is 5. The van der Waals surface area contributed by atoms with E-state index in [0.29, 0.717) is 28.6 Å². The Morgan fingerprint density at radius 2 is 1.79 bits per heavy atom. The molecule has 1 aliphatic heterocycles. The van der Waals surface area contributed by atoms with E-state index in [4.69, 9.17) is 27.9 Å². The van der Waals surface area contributed by atoms with Crippen molar-refractivity contribution >= 4 is 33.2 Å². The average Bonchev–Trinajstić information content (AvgIpc) is 3.01. The predicted octanol–water partition coefficient (Wildman–Crippen LogP) is 2.77. The van der Waals surface area contributed by atoms with Crippen LogP contribution in [0.15, 0.2) is 36.7 Å². The van der Waals surface area contributed by atoms with Crippen molar-refractivity contribution in [3.05, 3.63) is 52.3 Å². The average molecular weight is 388 g/mol. The third kappa shape index (κ3) is 4.36. The SMILES string of the molecule is O=S(=O)(Cc1ccc(Cl)cc1)N1CC[C@@H](Oc2ncc(Cl)cn2)C1. The van der Waals surface area contributed by atoms with Crippen molar-refractivity contribution in [1.29, 1.82) is 0 Å². The Kier molecular flexibility index (Phi) is 5.24. The Hall–Kier alpha value is -1.41. The van der Waals surface area contributed by atoms with Crippen molar-refractivity contribution in [3.63, 3.8) is 0 Å². The number of benzene rings is 1. The molecule has 24 heavy (non-hydrogen) atoms. The molecule has 0 amide bonds. The molecule has 3 rings (SSSR count). The van der Waals surface area contributed by atoms with Gasteiger partial charge < -0.3 is 4.74 Å². The highest BCUT2D eigenvalue weighted by atomic mass is 35.5. The molecule has 1 aromatic carbocycles. The van der Waals surface area contributed by atoms with Crippen LogP contribution in [-0.2, 0) is 15.8 Å². The van der Waals surface area contributed by atoms with Gasteiger partial charge in [-0.3, -0.25) is 0 Å². The first-order chi connectivity index (χ1) is 11.4. The van der Waals surface area contributed by atoms with Gasteiger partial charge in [-0.1, -0.05) is 35.3 Å². The van der Waals surface area contributed by atoms with Crippen molar-refractivity contribution in [2.24, 2.45) is 0 Å². The quantitative estimate of drug-likeness (QED) is 0.788. The molecule has 0 N–H and O–H groups in total. The topological polar surface area (TPSA) is 72.4 Å². The van der Waals surface area contributed by atoms with E-state index in [-0.39, 0.29) is 24.4 Å². The molecule has 1 atom stereocenters. The summed E-state index contributed by atoms with van der Waals surface area (Å²) in [6.07, 6.45) is 3.19. The van der Waals surface area contributed by atoms with Crippen LogP contribution in [0.5, 0.6) is 6.01 Å². The number of aromatic nitrogens is 2. The molecule has 0 unspecified atom stereocenters. The lowest BCUT2D eigenvalue weighted by atomic mass is 10.2. The molecule has 9 heteroatoms. The van der Waals surface area contributed by atoms with Crippen LogP contribution in [0.25, 0.3) is 0 Å². The van der Waals surface area contributed by atoms with Gasteiger partial charge in [0.2, 0.25) is 10.0 Å². The van der Waals surface area contributed by atoms with Crippen molar-refractivity contribution in [3.8, 4) is 6.01 Å². The summed E-state index contributed by atoms with van der Waals surface area (Å²) in [6, 6.07) is 6.98. The fourth-order valence-electron chi connectivity index (χ4n) is 2.44. The molecule has 128 valence electrons. The Morgan fingerprint density at radius 1 is 1.12 bits per heavy atom. The van der Waals surface area contributed by atoms with Gasteiger partial charge in [-0.15, -0.1) is 0 Å². The lowest BCUT2D eigenvalue weighted by Gasteiger charge is -2.16. The zero-order valence-electron chi connectivity index (χ0n) is 12.6. The second-order valence-electron chi connectivity index (χ2n) is 5.45. The molecule has 2 aromatic rings. The molecule has 1 aliphatic rings. The lowest BCUT2D eigenvalue weighted by Crippen LogP contribution is -2.32. The maximum atomic E-state index is 12.5. The van der Waals surface area contributed by atoms with E-state index in [1.807, 2.05) is 0 Å². The van der Waals surface area contributed by atoms with E-state index in [2.05, 4.69) is 9.97 Å². The van der Waals surface area contributed by atoms with Crippen molar-refractivity contribution in [2.75, 3.05) is 13.1 Å². The minimum absolute atomic E-state index is 0.0612. The number of ether oxygens (including phenoxy) is 1. The summed E-state index contributed by atoms with van der Waals surface area (Å²) in [4.78, 5) is 7.92. The second kappa shape index (κ2) is 7.23. The highest BCUT2D eigenvalue weighted by molar-refractivity contribution is 7.88. The van der Waals surface area contributed by atoms with Crippen LogP contribution in [0, 0.1) is 0 Å². The van der Waals surface area contributed by atoms with Crippen molar-refractivity contribution in [1.82, 2.24) is 14.3 Å². The zero-order chi connectivity index (χ0) is 17.2. The van der Waals surface area contributed by atoms with Gasteiger partial charge in [0.05, 0.1) is 29.7 Å². The Labute approximate surface area is 150 Å². The first-order valence-electron chi connectivity index (χ1n) is 7.29. The van der Waals surface area contributed by atoms with Crippen molar-refractivity contribution < 1.29 is 13.2 Å². The summed E-state index contributed by atoms with van der Waals surface area (Å²) in [6.45, 7) is 0.691. The number of nitrogens with zero attached hydrogens (tertiary/aromatic N) is 3. The molecule has 1 fully saturated rings. The summed E-state index contributed by atoms with van der Waals surface area (Å²) in [7, 11) is -3.41. The van der Waals surface area contributed by atoms with Gasteiger partial charge in [0.15, 0.2) is 0 Å². The fourth-order valence-corrected chi connectivity index (χ4v) is 4.24. The van der Waals surface area contributed by atoms with Gasteiger partial charge in [-0.25, -0.2) is 18.4 Å². The van der Waals surface area contributed by atoms with Gasteiger partial charge in [-0.2, -0.15) is 4.31 Å². The van der Waals surface area contributed by atoms with Gasteiger partial charge in [0.1, 0.15) is 6.10 Å². The Bertz CT molecular complexity index is 798. The molecule has 1 aromatic heterocycles. The molecule has 6 nitrogen and oxygen atoms in total. The van der Waals surface area contributed by atoms with E-state index in [9.17, 15) is 8.42 Å². The minimum Gasteiger partial charge on any atom is -0.459 e. The van der Waals surface area contributed by atoms with E-state index < -0.39 is 10.0 Å². The lowest BCUT2D eigenvalue weighted by molar-refractivity contribution is 0.197. The fraction of sp³-hybridized carbons (Fsp3) is 0.333. The van der Waals surface area contributed by atoms with Crippen LogP contribution in [-0.4, -0.2) is 41.9 Å². The molecule has 0 spiro atoms. The maximum absolute atomic E-state index is 12.5. The molecular weight excluding hydrogens is 373 g/mol. The largest absolute Gasteiger partial charge is 0.459 e. The standard InChI is InChI=1S/C15H15Cl2N3O3S/c16-12-3-1-11(2-4-12)10-24(21,22)20-6-5-14(9-20)23-15-18-7-13(17)8-19-15/h1-4,7-8,14H,5-6,9-10H2/t14-/m1/s1. The molecule has 0 bridgehead atoms. The van der Waals surface area contributed by atoms with Crippen LogP contribution < -0.4 is 4.74 Å². The van der Waals surface area contributed by atoms with E-state index >= 15 is 0 Å². The monoisotopic (exact) mass is 387 g/mol. The summed E-state index contributed by atoms with van der Waals surface area (Å²) in [5, 5.41) is 0.995. The summed E-state index contributed by atoms with van der Waals surface area (Å²) >= 11 is 11.5. The summed E-state index contributed by atoms with van der Waals surface area (Å²) < 4.78 is 32.1. The summed E-state index contributed by atoms with van der Waals surface area (Å²) in [5.74, 6) is -0.0612. The van der Waals surface area contributed by atoms with Crippen molar-refractivity contribution in [2.45, 2.75) is 18.3 Å². The highest BCUT2D eigenvalue weighted by Crippen LogP contribution is 2.21. The molecule has 2 heterocycles. The molecule has 0 saturated carbocycles. The molecule has 0 aliphatic carbocycles. The molecule has 1 saturated heterocycles. The number of sulfonamides is 1. The number of halogens is 2. The number of rotatable bonds is 5. The van der Waals surface area contributed by atoms with E-state index in [0.717, 1.165) is 0 Å².